The zero-order valence-electron chi connectivity index (χ0n) is 5.82. The Morgan fingerprint density at radius 3 is 1.75 bits per heavy atom. The summed E-state index contributed by atoms with van der Waals surface area (Å²) >= 11 is 0. The second-order valence-corrected chi connectivity index (χ2v) is 8.73. The molecule has 4 heteroatoms. The Balaban J connectivity index is 3.55. The smallest absolute Gasteiger partial charge is 0.192 e. The molecular weight excluding hydrogens is 139 g/mol. The Morgan fingerprint density at radius 2 is 1.75 bits per heavy atom. The summed E-state index contributed by atoms with van der Waals surface area (Å²) in [5.41, 5.74) is 0. The minimum Gasteiger partial charge on any atom is -0.372 e. The highest BCUT2D eigenvalue weighted by Gasteiger charge is 2.14. The molecule has 1 atom stereocenters. The van der Waals surface area contributed by atoms with Crippen LogP contribution < -0.4 is 0 Å². The zero-order chi connectivity index (χ0) is 6.78. The van der Waals surface area contributed by atoms with E-state index in [1.54, 1.807) is 6.66 Å². The third-order valence-corrected chi connectivity index (χ3v) is 4.05. The average Bonchev–Trinajstić information content (AvgIpc) is 1.21. The highest BCUT2D eigenvalue weighted by molar-refractivity contribution is 7.40. The SMILES string of the molecule is C[PH](=O)O[Si](C)(C)C. The van der Waals surface area contributed by atoms with Gasteiger partial charge in [-0.3, -0.25) is 4.57 Å². The van der Waals surface area contributed by atoms with Crippen molar-refractivity contribution in [3.63, 3.8) is 0 Å². The number of rotatable bonds is 2. The molecule has 0 saturated heterocycles. The molecule has 0 bridgehead atoms. The molecule has 0 rings (SSSR count). The van der Waals surface area contributed by atoms with E-state index in [0.29, 0.717) is 0 Å². The molecule has 0 aromatic rings. The lowest BCUT2D eigenvalue weighted by molar-refractivity contribution is 0.510. The summed E-state index contributed by atoms with van der Waals surface area (Å²) in [7, 11) is -3.17. The van der Waals surface area contributed by atoms with Crippen LogP contribution in [0.1, 0.15) is 0 Å². The van der Waals surface area contributed by atoms with E-state index in [2.05, 4.69) is 0 Å². The zero-order valence-corrected chi connectivity index (χ0v) is 7.82. The van der Waals surface area contributed by atoms with Gasteiger partial charge in [-0.15, -0.1) is 0 Å². The van der Waals surface area contributed by atoms with Crippen LogP contribution in [0.15, 0.2) is 0 Å². The van der Waals surface area contributed by atoms with E-state index in [9.17, 15) is 4.57 Å². The van der Waals surface area contributed by atoms with Crippen LogP contribution in [0.4, 0.5) is 0 Å². The van der Waals surface area contributed by atoms with Crippen LogP contribution in [-0.4, -0.2) is 15.0 Å². The van der Waals surface area contributed by atoms with Crippen molar-refractivity contribution < 1.29 is 8.78 Å². The van der Waals surface area contributed by atoms with Crippen molar-refractivity contribution in [1.29, 1.82) is 0 Å². The Hall–Kier alpha value is 0.407. The van der Waals surface area contributed by atoms with Gasteiger partial charge in [0.15, 0.2) is 16.3 Å². The predicted molar refractivity (Wildman–Crippen MR) is 39.4 cm³/mol. The molecular formula is C4H13O2PSi. The van der Waals surface area contributed by atoms with Gasteiger partial charge in [-0.2, -0.15) is 0 Å². The first-order valence-corrected chi connectivity index (χ1v) is 7.84. The molecule has 0 radical (unpaired) electrons. The van der Waals surface area contributed by atoms with Crippen molar-refractivity contribution in [3.8, 4) is 0 Å². The van der Waals surface area contributed by atoms with Gasteiger partial charge in [-0.1, -0.05) is 0 Å². The molecule has 50 valence electrons. The summed E-state index contributed by atoms with van der Waals surface area (Å²) < 4.78 is 15.6. The fraction of sp³-hybridized carbons (Fsp3) is 1.00. The minimum absolute atomic E-state index is 1.49. The van der Waals surface area contributed by atoms with Crippen LogP contribution in [0.2, 0.25) is 19.6 Å². The molecule has 0 spiro atoms. The third kappa shape index (κ3) is 6.41. The highest BCUT2D eigenvalue weighted by atomic mass is 31.1. The molecule has 0 aliphatic carbocycles. The van der Waals surface area contributed by atoms with Gasteiger partial charge in [-0.05, 0) is 19.6 Å². The molecule has 2 nitrogen and oxygen atoms in total. The molecule has 0 N–H and O–H groups in total. The van der Waals surface area contributed by atoms with Crippen LogP contribution in [0.3, 0.4) is 0 Å². The summed E-state index contributed by atoms with van der Waals surface area (Å²) in [6, 6.07) is 0. The second-order valence-electron chi connectivity index (χ2n) is 2.71. The van der Waals surface area contributed by atoms with Gasteiger partial charge in [0.05, 0.1) is 0 Å². The largest absolute Gasteiger partial charge is 0.372 e. The molecule has 8 heavy (non-hydrogen) atoms. The number of hydrogen-bond donors (Lipinski definition) is 0. The van der Waals surface area contributed by atoms with Gasteiger partial charge in [0.2, 0.25) is 0 Å². The maximum atomic E-state index is 10.5. The Bertz CT molecular complexity index is 96.7. The quantitative estimate of drug-likeness (QED) is 0.446. The van der Waals surface area contributed by atoms with E-state index in [1.165, 1.54) is 0 Å². The van der Waals surface area contributed by atoms with Crippen molar-refractivity contribution in [2.75, 3.05) is 6.66 Å². The van der Waals surface area contributed by atoms with E-state index < -0.39 is 16.3 Å². The lowest BCUT2D eigenvalue weighted by Crippen LogP contribution is -2.20. The van der Waals surface area contributed by atoms with E-state index in [-0.39, 0.29) is 0 Å². The van der Waals surface area contributed by atoms with Crippen molar-refractivity contribution in [2.45, 2.75) is 19.6 Å². The molecule has 0 aliphatic heterocycles. The first-order valence-electron chi connectivity index (χ1n) is 2.61. The van der Waals surface area contributed by atoms with Gasteiger partial charge in [0.25, 0.3) is 0 Å². The normalized spacial score (nSPS) is 16.0. The van der Waals surface area contributed by atoms with Gasteiger partial charge in [-0.25, -0.2) is 0 Å². The molecule has 0 aromatic carbocycles. The monoisotopic (exact) mass is 152 g/mol. The van der Waals surface area contributed by atoms with E-state index in [1.807, 2.05) is 19.6 Å². The third-order valence-electron chi connectivity index (χ3n) is 0.450. The fourth-order valence-electron chi connectivity index (χ4n) is 0.431. The molecule has 1 unspecified atom stereocenters. The van der Waals surface area contributed by atoms with Gasteiger partial charge < -0.3 is 4.21 Å². The first-order chi connectivity index (χ1) is 3.42. The molecule has 0 heterocycles. The maximum Gasteiger partial charge on any atom is 0.192 e. The van der Waals surface area contributed by atoms with Crippen LogP contribution >= 0.6 is 8.03 Å². The molecule has 0 aromatic heterocycles. The van der Waals surface area contributed by atoms with Crippen molar-refractivity contribution in [2.24, 2.45) is 0 Å². The Morgan fingerprint density at radius 1 is 1.38 bits per heavy atom. The Kier molecular flexibility index (Phi) is 2.95. The molecule has 0 saturated carbocycles. The summed E-state index contributed by atoms with van der Waals surface area (Å²) in [4.78, 5) is 0. The second kappa shape index (κ2) is 2.81. The van der Waals surface area contributed by atoms with E-state index in [0.717, 1.165) is 0 Å². The molecule has 0 amide bonds. The Labute approximate surface area is 52.2 Å². The van der Waals surface area contributed by atoms with Crippen LogP contribution in [-0.2, 0) is 8.78 Å². The van der Waals surface area contributed by atoms with Crippen LogP contribution in [0.25, 0.3) is 0 Å². The summed E-state index contributed by atoms with van der Waals surface area (Å²) in [5, 5.41) is 0. The van der Waals surface area contributed by atoms with Crippen molar-refractivity contribution in [3.05, 3.63) is 0 Å². The van der Waals surface area contributed by atoms with Gasteiger partial charge in [0.1, 0.15) is 0 Å². The minimum atomic E-state index is -1.68. The van der Waals surface area contributed by atoms with E-state index >= 15 is 0 Å². The average molecular weight is 152 g/mol. The summed E-state index contributed by atoms with van der Waals surface area (Å²) in [6.45, 7) is 7.71. The summed E-state index contributed by atoms with van der Waals surface area (Å²) in [6.07, 6.45) is 0. The molecule has 0 fully saturated rings. The van der Waals surface area contributed by atoms with Crippen molar-refractivity contribution >= 4 is 16.3 Å². The fourth-order valence-corrected chi connectivity index (χ4v) is 3.88. The maximum absolute atomic E-state index is 10.5. The van der Waals surface area contributed by atoms with E-state index in [4.69, 9.17) is 4.21 Å². The highest BCUT2D eigenvalue weighted by Crippen LogP contribution is 2.22. The number of hydrogen-bond acceptors (Lipinski definition) is 2. The topological polar surface area (TPSA) is 26.3 Å². The van der Waals surface area contributed by atoms with Crippen LogP contribution in [0, 0.1) is 0 Å². The summed E-state index contributed by atoms with van der Waals surface area (Å²) in [5.74, 6) is 0. The van der Waals surface area contributed by atoms with Crippen molar-refractivity contribution in [1.82, 2.24) is 0 Å². The lowest BCUT2D eigenvalue weighted by Gasteiger charge is -2.13. The lowest BCUT2D eigenvalue weighted by atomic mass is 11.8. The first kappa shape index (κ1) is 8.41. The van der Waals surface area contributed by atoms with Gasteiger partial charge in [0, 0.05) is 6.66 Å². The standard InChI is InChI=1S/C4H13O2PSi/c1-7(5)6-8(2,3)4/h7H,1-4H3. The van der Waals surface area contributed by atoms with Gasteiger partial charge >= 0.3 is 0 Å². The van der Waals surface area contributed by atoms with Crippen LogP contribution in [0.5, 0.6) is 0 Å². The predicted octanol–water partition coefficient (Wildman–Crippen LogP) is 1.94. The molecule has 0 aliphatic rings.